The number of nitrogens with one attached hydrogen (secondary N) is 1. The van der Waals surface area contributed by atoms with Crippen LogP contribution in [0.15, 0.2) is 42.5 Å². The molecule has 1 N–H and O–H groups in total. The number of benzene rings is 2. The zero-order valence-electron chi connectivity index (χ0n) is 19.8. The van der Waals surface area contributed by atoms with Crippen molar-refractivity contribution in [1.29, 1.82) is 0 Å². The van der Waals surface area contributed by atoms with E-state index in [0.717, 1.165) is 11.3 Å². The third-order valence-electron chi connectivity index (χ3n) is 5.73. The lowest BCUT2D eigenvalue weighted by Gasteiger charge is -2.36. The molecule has 3 rings (SSSR count). The predicted octanol–water partition coefficient (Wildman–Crippen LogP) is 4.59. The van der Waals surface area contributed by atoms with Gasteiger partial charge in [0.15, 0.2) is 0 Å². The average Bonchev–Trinajstić information content (AvgIpc) is 2.83. The lowest BCUT2D eigenvalue weighted by atomic mass is 9.73. The standard InChI is InChI=1S/C26H33NO6/c1-5-32-24(28)22-16-20(8-11-23(22)33-17-18(2)3)27-25(29)26(12-14-31-15-13-26)19-6-9-21(30-4)10-7-19/h6-11,16,18H,5,12-15,17H2,1-4H3,(H,27,29). The van der Waals surface area contributed by atoms with E-state index in [9.17, 15) is 9.59 Å². The number of anilines is 1. The Kier molecular flexibility index (Phi) is 8.33. The van der Waals surface area contributed by atoms with E-state index in [-0.39, 0.29) is 12.5 Å². The molecule has 178 valence electrons. The Labute approximate surface area is 195 Å². The summed E-state index contributed by atoms with van der Waals surface area (Å²) in [6.07, 6.45) is 1.12. The Morgan fingerprint density at radius 2 is 1.79 bits per heavy atom. The summed E-state index contributed by atoms with van der Waals surface area (Å²) in [7, 11) is 1.61. The Morgan fingerprint density at radius 1 is 1.09 bits per heavy atom. The van der Waals surface area contributed by atoms with Crippen LogP contribution < -0.4 is 14.8 Å². The molecule has 1 amide bonds. The normalized spacial score (nSPS) is 15.1. The summed E-state index contributed by atoms with van der Waals surface area (Å²) in [5, 5.41) is 3.02. The summed E-state index contributed by atoms with van der Waals surface area (Å²) in [4.78, 5) is 26.2. The lowest BCUT2D eigenvalue weighted by Crippen LogP contribution is -2.44. The van der Waals surface area contributed by atoms with Crippen molar-refractivity contribution in [2.45, 2.75) is 39.0 Å². The van der Waals surface area contributed by atoms with Gasteiger partial charge in [-0.3, -0.25) is 4.79 Å². The molecule has 1 saturated heterocycles. The summed E-state index contributed by atoms with van der Waals surface area (Å²) >= 11 is 0. The number of esters is 1. The molecule has 2 aromatic rings. The number of carbonyl (C=O) groups is 2. The van der Waals surface area contributed by atoms with E-state index in [1.807, 2.05) is 38.1 Å². The maximum atomic E-state index is 13.6. The second-order valence-electron chi connectivity index (χ2n) is 8.51. The third kappa shape index (κ3) is 5.85. The van der Waals surface area contributed by atoms with Gasteiger partial charge >= 0.3 is 5.97 Å². The van der Waals surface area contributed by atoms with Gasteiger partial charge in [0, 0.05) is 18.9 Å². The maximum absolute atomic E-state index is 13.6. The van der Waals surface area contributed by atoms with Crippen LogP contribution in [0.4, 0.5) is 5.69 Å². The highest BCUT2D eigenvalue weighted by Crippen LogP contribution is 2.37. The third-order valence-corrected chi connectivity index (χ3v) is 5.73. The van der Waals surface area contributed by atoms with Crippen LogP contribution in [0, 0.1) is 5.92 Å². The smallest absolute Gasteiger partial charge is 0.341 e. The van der Waals surface area contributed by atoms with Gasteiger partial charge in [0.1, 0.15) is 17.1 Å². The molecule has 0 saturated carbocycles. The van der Waals surface area contributed by atoms with Crippen molar-refractivity contribution < 1.29 is 28.5 Å². The largest absolute Gasteiger partial charge is 0.497 e. The fourth-order valence-electron chi connectivity index (χ4n) is 3.89. The van der Waals surface area contributed by atoms with E-state index in [1.54, 1.807) is 32.2 Å². The van der Waals surface area contributed by atoms with Crippen LogP contribution in [-0.4, -0.2) is 45.4 Å². The molecular weight excluding hydrogens is 422 g/mol. The minimum atomic E-state index is -0.735. The number of hydrogen-bond donors (Lipinski definition) is 1. The lowest BCUT2D eigenvalue weighted by molar-refractivity contribution is -0.125. The second kappa shape index (κ2) is 11.2. The van der Waals surface area contributed by atoms with Gasteiger partial charge in [0.2, 0.25) is 5.91 Å². The fourth-order valence-corrected chi connectivity index (χ4v) is 3.89. The van der Waals surface area contributed by atoms with Gasteiger partial charge in [0.25, 0.3) is 0 Å². The van der Waals surface area contributed by atoms with Crippen LogP contribution >= 0.6 is 0 Å². The minimum Gasteiger partial charge on any atom is -0.497 e. The van der Waals surface area contributed by atoms with E-state index in [1.165, 1.54) is 0 Å². The predicted molar refractivity (Wildman–Crippen MR) is 126 cm³/mol. The van der Waals surface area contributed by atoms with Crippen molar-refractivity contribution in [3.8, 4) is 11.5 Å². The maximum Gasteiger partial charge on any atom is 0.341 e. The molecule has 0 aromatic heterocycles. The van der Waals surface area contributed by atoms with Crippen molar-refractivity contribution in [1.82, 2.24) is 0 Å². The van der Waals surface area contributed by atoms with E-state index >= 15 is 0 Å². The molecule has 0 unspecified atom stereocenters. The van der Waals surface area contributed by atoms with Crippen LogP contribution in [0.1, 0.15) is 49.5 Å². The number of rotatable bonds is 9. The van der Waals surface area contributed by atoms with Gasteiger partial charge in [0.05, 0.1) is 25.7 Å². The summed E-state index contributed by atoms with van der Waals surface area (Å²) in [5.41, 5.74) is 0.980. The van der Waals surface area contributed by atoms with Crippen molar-refractivity contribution in [2.24, 2.45) is 5.92 Å². The van der Waals surface area contributed by atoms with Crippen LogP contribution in [0.2, 0.25) is 0 Å². The van der Waals surface area contributed by atoms with Crippen molar-refractivity contribution >= 4 is 17.6 Å². The van der Waals surface area contributed by atoms with Gasteiger partial charge in [-0.15, -0.1) is 0 Å². The molecule has 1 aliphatic heterocycles. The van der Waals surface area contributed by atoms with Crippen LogP contribution in [0.25, 0.3) is 0 Å². The molecule has 1 fully saturated rings. The summed E-state index contributed by atoms with van der Waals surface area (Å²) in [6, 6.07) is 12.6. The molecule has 0 radical (unpaired) electrons. The fraction of sp³-hybridized carbons (Fsp3) is 0.462. The van der Waals surface area contributed by atoms with E-state index in [0.29, 0.717) is 55.6 Å². The highest BCUT2D eigenvalue weighted by Gasteiger charge is 2.41. The van der Waals surface area contributed by atoms with Crippen LogP contribution in [-0.2, 0) is 19.7 Å². The second-order valence-corrected chi connectivity index (χ2v) is 8.51. The number of carbonyl (C=O) groups excluding carboxylic acids is 2. The molecule has 1 aliphatic rings. The molecule has 7 nitrogen and oxygen atoms in total. The molecular formula is C26H33NO6. The monoisotopic (exact) mass is 455 g/mol. The number of amides is 1. The molecule has 7 heteroatoms. The van der Waals surface area contributed by atoms with E-state index in [4.69, 9.17) is 18.9 Å². The Balaban J connectivity index is 1.89. The van der Waals surface area contributed by atoms with E-state index < -0.39 is 11.4 Å². The molecule has 0 aliphatic carbocycles. The summed E-state index contributed by atoms with van der Waals surface area (Å²) in [5.74, 6) is 0.857. The zero-order chi connectivity index (χ0) is 23.8. The minimum absolute atomic E-state index is 0.137. The van der Waals surface area contributed by atoms with Crippen molar-refractivity contribution in [3.63, 3.8) is 0 Å². The van der Waals surface area contributed by atoms with Crippen molar-refractivity contribution in [3.05, 3.63) is 53.6 Å². The van der Waals surface area contributed by atoms with Crippen LogP contribution in [0.3, 0.4) is 0 Å². The molecule has 2 aromatic carbocycles. The Morgan fingerprint density at radius 3 is 2.39 bits per heavy atom. The van der Waals surface area contributed by atoms with Crippen molar-refractivity contribution in [2.75, 3.05) is 38.9 Å². The highest BCUT2D eigenvalue weighted by molar-refractivity contribution is 6.01. The zero-order valence-corrected chi connectivity index (χ0v) is 19.8. The number of hydrogen-bond acceptors (Lipinski definition) is 6. The summed E-state index contributed by atoms with van der Waals surface area (Å²) < 4.78 is 21.8. The first kappa shape index (κ1) is 24.6. The van der Waals surface area contributed by atoms with E-state index in [2.05, 4.69) is 5.32 Å². The van der Waals surface area contributed by atoms with Gasteiger partial charge in [-0.2, -0.15) is 0 Å². The Hall–Kier alpha value is -3.06. The SMILES string of the molecule is CCOC(=O)c1cc(NC(=O)C2(c3ccc(OC)cc3)CCOCC2)ccc1OCC(C)C. The first-order valence-corrected chi connectivity index (χ1v) is 11.4. The van der Waals surface area contributed by atoms with Gasteiger partial charge in [-0.05, 0) is 61.6 Å². The first-order chi connectivity index (χ1) is 15.9. The number of methoxy groups -OCH3 is 1. The molecule has 0 atom stereocenters. The molecule has 1 heterocycles. The van der Waals surface area contributed by atoms with Gasteiger partial charge < -0.3 is 24.3 Å². The highest BCUT2D eigenvalue weighted by atomic mass is 16.5. The van der Waals surface area contributed by atoms with Crippen LogP contribution in [0.5, 0.6) is 11.5 Å². The topological polar surface area (TPSA) is 83.1 Å². The quantitative estimate of drug-likeness (QED) is 0.557. The Bertz CT molecular complexity index is 948. The average molecular weight is 456 g/mol. The summed E-state index contributed by atoms with van der Waals surface area (Å²) in [6.45, 7) is 7.53. The molecule has 33 heavy (non-hydrogen) atoms. The molecule has 0 bridgehead atoms. The number of ether oxygens (including phenoxy) is 4. The van der Waals surface area contributed by atoms with Gasteiger partial charge in [-0.25, -0.2) is 4.79 Å². The van der Waals surface area contributed by atoms with Gasteiger partial charge in [-0.1, -0.05) is 26.0 Å². The molecule has 0 spiro atoms. The first-order valence-electron chi connectivity index (χ1n) is 11.4.